The van der Waals surface area contributed by atoms with Crippen LogP contribution < -0.4 is 14.6 Å². The summed E-state index contributed by atoms with van der Waals surface area (Å²) in [4.78, 5) is 25.6. The second kappa shape index (κ2) is 7.88. The number of carbonyl (C=O) groups is 2. The molecule has 2 heterocycles. The highest BCUT2D eigenvalue weighted by molar-refractivity contribution is 6.32. The highest BCUT2D eigenvalue weighted by atomic mass is 19.4. The average Bonchev–Trinajstić information content (AvgIpc) is 3.29. The topological polar surface area (TPSA) is 82.4 Å². The van der Waals surface area contributed by atoms with E-state index in [1.165, 1.54) is 30.3 Å². The molecule has 0 aliphatic carbocycles. The van der Waals surface area contributed by atoms with Crippen molar-refractivity contribution in [1.82, 2.24) is 0 Å². The molecule has 2 aromatic rings. The number of benzene rings is 2. The highest BCUT2D eigenvalue weighted by Crippen LogP contribution is 2.38. The third-order valence-electron chi connectivity index (χ3n) is 4.85. The molecule has 164 valence electrons. The van der Waals surface area contributed by atoms with Crippen LogP contribution in [0.3, 0.4) is 0 Å². The maximum Gasteiger partial charge on any atom is 0.435 e. The van der Waals surface area contributed by atoms with Crippen LogP contribution in [-0.2, 0) is 4.79 Å². The minimum absolute atomic E-state index is 0.0116. The molecule has 2 aliphatic heterocycles. The average molecular weight is 443 g/mol. The van der Waals surface area contributed by atoms with Crippen LogP contribution >= 0.6 is 0 Å². The number of rotatable bonds is 4. The quantitative estimate of drug-likeness (QED) is 0.711. The Morgan fingerprint density at radius 2 is 1.81 bits per heavy atom. The molecule has 2 aliphatic rings. The predicted molar refractivity (Wildman–Crippen MR) is 111 cm³/mol. The van der Waals surface area contributed by atoms with E-state index in [9.17, 15) is 22.8 Å². The third kappa shape index (κ3) is 3.70. The van der Waals surface area contributed by atoms with Gasteiger partial charge in [-0.1, -0.05) is 12.1 Å². The monoisotopic (exact) mass is 443 g/mol. The number of halogens is 3. The van der Waals surface area contributed by atoms with Crippen molar-refractivity contribution >= 4 is 29.0 Å². The zero-order valence-electron chi connectivity index (χ0n) is 16.6. The molecule has 0 atom stereocenters. The van der Waals surface area contributed by atoms with E-state index >= 15 is 0 Å². The summed E-state index contributed by atoms with van der Waals surface area (Å²) in [5.41, 5.74) is -1.29. The van der Waals surface area contributed by atoms with Crippen molar-refractivity contribution in [3.8, 4) is 5.75 Å². The lowest BCUT2D eigenvalue weighted by Gasteiger charge is -2.15. The predicted octanol–water partition coefficient (Wildman–Crippen LogP) is 4.34. The maximum absolute atomic E-state index is 13.6. The molecule has 10 heteroatoms. The maximum atomic E-state index is 13.6. The molecule has 0 unspecified atom stereocenters. The van der Waals surface area contributed by atoms with Gasteiger partial charge in [0, 0.05) is 6.54 Å². The van der Waals surface area contributed by atoms with Crippen molar-refractivity contribution in [2.45, 2.75) is 13.1 Å². The molecule has 4 rings (SSSR count). The van der Waals surface area contributed by atoms with Crippen LogP contribution in [0, 0.1) is 0 Å². The smallest absolute Gasteiger partial charge is 0.435 e. The van der Waals surface area contributed by atoms with Crippen LogP contribution in [0.4, 0.5) is 24.5 Å². The summed E-state index contributed by atoms with van der Waals surface area (Å²) in [6.45, 7) is 2.36. The molecule has 0 radical (unpaired) electrons. The fourth-order valence-electron chi connectivity index (χ4n) is 3.35. The number of para-hydroxylation sites is 2. The number of allylic oxidation sites excluding steroid dienone is 2. The summed E-state index contributed by atoms with van der Waals surface area (Å²) in [5, 5.41) is 13.0. The van der Waals surface area contributed by atoms with E-state index in [0.29, 0.717) is 17.3 Å². The van der Waals surface area contributed by atoms with Gasteiger partial charge < -0.3 is 14.7 Å². The Kier molecular flexibility index (Phi) is 5.21. The molecular formula is C22H16F3N3O4. The number of ether oxygens (including phenoxy) is 1. The molecule has 0 fully saturated rings. The van der Waals surface area contributed by atoms with E-state index in [4.69, 9.17) is 9.84 Å². The van der Waals surface area contributed by atoms with Crippen LogP contribution in [0.5, 0.6) is 5.75 Å². The largest absolute Gasteiger partial charge is 0.478 e. The number of aromatic carboxylic acids is 1. The second-order valence-corrected chi connectivity index (χ2v) is 6.81. The first kappa shape index (κ1) is 21.2. The third-order valence-corrected chi connectivity index (χ3v) is 4.85. The standard InChI is InChI=1S/C22H16F3N3O4/c1-2-27-16-5-3-4-6-17(16)32-18(27)12-11-15-19(22(23,24)25)26-28(20(15)29)14-9-7-13(8-10-14)21(30)31/h3-12H,2H2,1H3,(H,30,31)/b15-11+,18-12-. The van der Waals surface area contributed by atoms with E-state index in [1.807, 2.05) is 19.1 Å². The van der Waals surface area contributed by atoms with E-state index < -0.39 is 29.3 Å². The molecule has 2 aromatic carbocycles. The second-order valence-electron chi connectivity index (χ2n) is 6.81. The molecular weight excluding hydrogens is 427 g/mol. The van der Waals surface area contributed by atoms with Gasteiger partial charge in [0.05, 0.1) is 22.5 Å². The highest BCUT2D eigenvalue weighted by Gasteiger charge is 2.46. The Balaban J connectivity index is 1.70. The normalized spacial score (nSPS) is 18.2. The first-order valence-corrected chi connectivity index (χ1v) is 9.51. The summed E-state index contributed by atoms with van der Waals surface area (Å²) in [6, 6.07) is 11.9. The lowest BCUT2D eigenvalue weighted by atomic mass is 10.1. The SMILES string of the molecule is CCN1/C(=C/C=C2/C(=O)N(c3ccc(C(=O)O)cc3)N=C2C(F)(F)F)Oc2ccccc21. The fourth-order valence-corrected chi connectivity index (χ4v) is 3.35. The van der Waals surface area contributed by atoms with Gasteiger partial charge in [0.25, 0.3) is 5.91 Å². The van der Waals surface area contributed by atoms with Gasteiger partial charge >= 0.3 is 12.1 Å². The minimum Gasteiger partial charge on any atom is -0.478 e. The van der Waals surface area contributed by atoms with Crippen molar-refractivity contribution in [3.05, 3.63) is 77.7 Å². The molecule has 1 amide bonds. The Morgan fingerprint density at radius 3 is 2.44 bits per heavy atom. The number of carboxylic acids is 1. The van der Waals surface area contributed by atoms with Crippen LogP contribution in [0.1, 0.15) is 17.3 Å². The van der Waals surface area contributed by atoms with Gasteiger partial charge in [-0.05, 0) is 55.5 Å². The first-order valence-electron chi connectivity index (χ1n) is 9.51. The van der Waals surface area contributed by atoms with Crippen molar-refractivity contribution in [2.24, 2.45) is 5.10 Å². The van der Waals surface area contributed by atoms with Gasteiger partial charge in [-0.25, -0.2) is 4.79 Å². The van der Waals surface area contributed by atoms with Crippen LogP contribution in [0.25, 0.3) is 0 Å². The van der Waals surface area contributed by atoms with Gasteiger partial charge in [-0.2, -0.15) is 23.3 Å². The molecule has 0 spiro atoms. The van der Waals surface area contributed by atoms with Gasteiger partial charge in [-0.15, -0.1) is 0 Å². The van der Waals surface area contributed by atoms with E-state index in [2.05, 4.69) is 5.10 Å². The number of fused-ring (bicyclic) bond motifs is 1. The van der Waals surface area contributed by atoms with Crippen LogP contribution in [0.15, 0.2) is 77.2 Å². The number of nitrogens with zero attached hydrogens (tertiary/aromatic N) is 3. The number of amides is 1. The summed E-state index contributed by atoms with van der Waals surface area (Å²) < 4.78 is 46.5. The summed E-state index contributed by atoms with van der Waals surface area (Å²) in [7, 11) is 0. The summed E-state index contributed by atoms with van der Waals surface area (Å²) in [5.74, 6) is -1.36. The van der Waals surface area contributed by atoms with Gasteiger partial charge in [0.1, 0.15) is 0 Å². The number of hydrazone groups is 1. The van der Waals surface area contributed by atoms with E-state index in [1.54, 1.807) is 17.0 Å². The molecule has 1 N–H and O–H groups in total. The molecule has 7 nitrogen and oxygen atoms in total. The Bertz CT molecular complexity index is 1180. The number of anilines is 2. The molecule has 0 bridgehead atoms. The summed E-state index contributed by atoms with van der Waals surface area (Å²) in [6.07, 6.45) is -2.54. The van der Waals surface area contributed by atoms with Crippen LogP contribution in [-0.4, -0.2) is 35.4 Å². The number of carbonyl (C=O) groups excluding carboxylic acids is 1. The number of hydrogen-bond donors (Lipinski definition) is 1. The Labute approximate surface area is 180 Å². The van der Waals surface area contributed by atoms with Gasteiger partial charge in [0.2, 0.25) is 5.88 Å². The van der Waals surface area contributed by atoms with Crippen molar-refractivity contribution in [1.29, 1.82) is 0 Å². The molecule has 0 saturated carbocycles. The van der Waals surface area contributed by atoms with E-state index in [0.717, 1.165) is 11.8 Å². The molecule has 32 heavy (non-hydrogen) atoms. The molecule has 0 aromatic heterocycles. The summed E-state index contributed by atoms with van der Waals surface area (Å²) >= 11 is 0. The minimum atomic E-state index is -4.88. The molecule has 0 saturated heterocycles. The van der Waals surface area contributed by atoms with Gasteiger partial charge in [0.15, 0.2) is 11.5 Å². The van der Waals surface area contributed by atoms with Crippen LogP contribution in [0.2, 0.25) is 0 Å². The number of carboxylic acid groups (broad SMARTS) is 1. The van der Waals surface area contributed by atoms with Crippen molar-refractivity contribution < 1.29 is 32.6 Å². The Morgan fingerprint density at radius 1 is 1.12 bits per heavy atom. The first-order chi connectivity index (χ1) is 15.2. The lowest BCUT2D eigenvalue weighted by molar-refractivity contribution is -0.114. The Hall–Kier alpha value is -4.08. The van der Waals surface area contributed by atoms with Crippen molar-refractivity contribution in [2.75, 3.05) is 16.5 Å². The number of hydrogen-bond acceptors (Lipinski definition) is 5. The van der Waals surface area contributed by atoms with Gasteiger partial charge in [-0.3, -0.25) is 4.79 Å². The number of alkyl halides is 3. The van der Waals surface area contributed by atoms with E-state index in [-0.39, 0.29) is 17.1 Å². The fraction of sp³-hybridized carbons (Fsp3) is 0.136. The lowest BCUT2D eigenvalue weighted by Crippen LogP contribution is -2.25. The zero-order valence-corrected chi connectivity index (χ0v) is 16.6. The zero-order chi connectivity index (χ0) is 23.0. The van der Waals surface area contributed by atoms with Crippen molar-refractivity contribution in [3.63, 3.8) is 0 Å².